The van der Waals surface area contributed by atoms with Crippen LogP contribution in [0.5, 0.6) is 0 Å². The SMILES string of the molecule is CC(=O)Nc1nc(COC(=O)/C=C/c2cc(C)n(-c3nccs3)c2C)cs1. The number of hydrogen-bond acceptors (Lipinski definition) is 7. The predicted molar refractivity (Wildman–Crippen MR) is 106 cm³/mol. The van der Waals surface area contributed by atoms with E-state index >= 15 is 0 Å². The summed E-state index contributed by atoms with van der Waals surface area (Å²) in [6, 6.07) is 2.00. The Balaban J connectivity index is 1.61. The fraction of sp³-hybridized carbons (Fsp3) is 0.222. The third-order valence-corrected chi connectivity index (χ3v) is 5.24. The molecule has 3 heterocycles. The lowest BCUT2D eigenvalue weighted by molar-refractivity contribution is -0.139. The maximum Gasteiger partial charge on any atom is 0.331 e. The first-order valence-electron chi connectivity index (χ1n) is 8.09. The summed E-state index contributed by atoms with van der Waals surface area (Å²) in [5, 5.41) is 7.64. The van der Waals surface area contributed by atoms with Crippen molar-refractivity contribution in [2.45, 2.75) is 27.4 Å². The van der Waals surface area contributed by atoms with Gasteiger partial charge in [-0.1, -0.05) is 0 Å². The number of carbonyl (C=O) groups excluding carboxylic acids is 2. The summed E-state index contributed by atoms with van der Waals surface area (Å²) in [5.74, 6) is -0.644. The molecule has 140 valence electrons. The third kappa shape index (κ3) is 4.69. The molecular weight excluding hydrogens is 384 g/mol. The van der Waals surface area contributed by atoms with E-state index in [4.69, 9.17) is 4.74 Å². The standard InChI is InChI=1S/C18H18N4O3S2/c1-11-8-14(12(2)22(11)18-19-6-7-26-18)4-5-16(24)25-9-15-10-27-17(21-15)20-13(3)23/h4-8,10H,9H2,1-3H3,(H,20,21,23)/b5-4+. The van der Waals surface area contributed by atoms with Gasteiger partial charge in [0.15, 0.2) is 10.3 Å². The maximum atomic E-state index is 12.0. The van der Waals surface area contributed by atoms with E-state index in [1.165, 1.54) is 24.3 Å². The number of nitrogens with zero attached hydrogens (tertiary/aromatic N) is 3. The van der Waals surface area contributed by atoms with Gasteiger partial charge in [0.1, 0.15) is 6.61 Å². The summed E-state index contributed by atoms with van der Waals surface area (Å²) in [4.78, 5) is 31.5. The van der Waals surface area contributed by atoms with Crippen molar-refractivity contribution in [2.75, 3.05) is 5.32 Å². The van der Waals surface area contributed by atoms with Gasteiger partial charge in [0.25, 0.3) is 0 Å². The second-order valence-electron chi connectivity index (χ2n) is 5.74. The van der Waals surface area contributed by atoms with E-state index < -0.39 is 5.97 Å². The van der Waals surface area contributed by atoms with E-state index in [9.17, 15) is 9.59 Å². The molecule has 0 spiro atoms. The van der Waals surface area contributed by atoms with Gasteiger partial charge in [-0.05, 0) is 31.6 Å². The van der Waals surface area contributed by atoms with Gasteiger partial charge in [-0.3, -0.25) is 9.36 Å². The summed E-state index contributed by atoms with van der Waals surface area (Å²) in [5.41, 5.74) is 3.57. The highest BCUT2D eigenvalue weighted by molar-refractivity contribution is 7.14. The normalized spacial score (nSPS) is 11.1. The summed E-state index contributed by atoms with van der Waals surface area (Å²) < 4.78 is 7.26. The second-order valence-corrected chi connectivity index (χ2v) is 7.47. The van der Waals surface area contributed by atoms with Crippen LogP contribution in [0.15, 0.2) is 29.1 Å². The molecule has 0 aromatic carbocycles. The van der Waals surface area contributed by atoms with Gasteiger partial charge in [-0.25, -0.2) is 14.8 Å². The smallest absolute Gasteiger partial charge is 0.331 e. The van der Waals surface area contributed by atoms with Crippen LogP contribution in [-0.2, 0) is 20.9 Å². The molecule has 0 radical (unpaired) electrons. The van der Waals surface area contributed by atoms with Crippen molar-refractivity contribution in [2.24, 2.45) is 0 Å². The first kappa shape index (κ1) is 19.0. The number of aryl methyl sites for hydroxylation is 1. The minimum Gasteiger partial charge on any atom is -0.456 e. The van der Waals surface area contributed by atoms with E-state index in [2.05, 4.69) is 19.9 Å². The molecule has 0 aliphatic rings. The molecule has 1 N–H and O–H groups in total. The quantitative estimate of drug-likeness (QED) is 0.502. The molecule has 0 unspecified atom stereocenters. The Morgan fingerprint density at radius 2 is 2.15 bits per heavy atom. The lowest BCUT2D eigenvalue weighted by Crippen LogP contribution is -2.06. The van der Waals surface area contributed by atoms with Crippen molar-refractivity contribution in [3.8, 4) is 5.13 Å². The average molecular weight is 403 g/mol. The number of amides is 1. The van der Waals surface area contributed by atoms with Gasteiger partial charge in [-0.15, -0.1) is 22.7 Å². The summed E-state index contributed by atoms with van der Waals surface area (Å²) in [6.45, 7) is 5.45. The van der Waals surface area contributed by atoms with Crippen molar-refractivity contribution in [1.29, 1.82) is 0 Å². The van der Waals surface area contributed by atoms with Crippen LogP contribution >= 0.6 is 22.7 Å². The number of ether oxygens (including phenoxy) is 1. The Kier molecular flexibility index (Phi) is 5.82. The lowest BCUT2D eigenvalue weighted by atomic mass is 10.2. The number of nitrogens with one attached hydrogen (secondary N) is 1. The van der Waals surface area contributed by atoms with Gasteiger partial charge >= 0.3 is 5.97 Å². The average Bonchev–Trinajstić information content (AvgIpc) is 3.32. The van der Waals surface area contributed by atoms with Gasteiger partial charge in [-0.2, -0.15) is 0 Å². The van der Waals surface area contributed by atoms with Crippen molar-refractivity contribution < 1.29 is 14.3 Å². The monoisotopic (exact) mass is 402 g/mol. The van der Waals surface area contributed by atoms with Gasteiger partial charge < -0.3 is 10.1 Å². The Bertz CT molecular complexity index is 987. The molecule has 1 amide bonds. The number of thiazole rings is 2. The Morgan fingerprint density at radius 3 is 2.85 bits per heavy atom. The van der Waals surface area contributed by atoms with Crippen LogP contribution in [0.25, 0.3) is 11.2 Å². The van der Waals surface area contributed by atoms with Crippen molar-refractivity contribution in [3.63, 3.8) is 0 Å². The minimum absolute atomic E-state index is 0.0530. The lowest BCUT2D eigenvalue weighted by Gasteiger charge is -2.04. The number of esters is 1. The highest BCUT2D eigenvalue weighted by atomic mass is 32.1. The molecule has 0 saturated heterocycles. The number of hydrogen-bond donors (Lipinski definition) is 1. The zero-order chi connectivity index (χ0) is 19.4. The summed E-state index contributed by atoms with van der Waals surface area (Å²) in [7, 11) is 0. The van der Waals surface area contributed by atoms with Crippen LogP contribution in [0.2, 0.25) is 0 Å². The molecule has 0 aliphatic carbocycles. The van der Waals surface area contributed by atoms with Gasteiger partial charge in [0.05, 0.1) is 5.69 Å². The minimum atomic E-state index is -0.455. The van der Waals surface area contributed by atoms with E-state index in [-0.39, 0.29) is 12.5 Å². The Labute approximate surface area is 164 Å². The molecule has 3 aromatic heterocycles. The molecule has 0 saturated carbocycles. The van der Waals surface area contributed by atoms with E-state index in [1.807, 2.05) is 25.3 Å². The molecule has 0 fully saturated rings. The van der Waals surface area contributed by atoms with Crippen LogP contribution in [-0.4, -0.2) is 26.4 Å². The van der Waals surface area contributed by atoms with Gasteiger partial charge in [0.2, 0.25) is 5.91 Å². The van der Waals surface area contributed by atoms with Crippen molar-refractivity contribution in [3.05, 3.63) is 51.7 Å². The molecule has 0 atom stereocenters. The van der Waals surface area contributed by atoms with Crippen LogP contribution in [0.1, 0.15) is 29.6 Å². The predicted octanol–water partition coefficient (Wildman–Crippen LogP) is 3.72. The van der Waals surface area contributed by atoms with Crippen LogP contribution in [0, 0.1) is 13.8 Å². The largest absolute Gasteiger partial charge is 0.456 e. The molecular formula is C18H18N4O3S2. The zero-order valence-electron chi connectivity index (χ0n) is 15.1. The Hall–Kier alpha value is -2.78. The van der Waals surface area contributed by atoms with E-state index in [1.54, 1.807) is 29.0 Å². The van der Waals surface area contributed by atoms with E-state index in [0.717, 1.165) is 22.1 Å². The topological polar surface area (TPSA) is 86.1 Å². The zero-order valence-corrected chi connectivity index (χ0v) is 16.7. The van der Waals surface area contributed by atoms with Gasteiger partial charge in [0, 0.05) is 41.3 Å². The van der Waals surface area contributed by atoms with Crippen LogP contribution in [0.4, 0.5) is 5.13 Å². The van der Waals surface area contributed by atoms with Crippen LogP contribution < -0.4 is 5.32 Å². The van der Waals surface area contributed by atoms with Crippen LogP contribution in [0.3, 0.4) is 0 Å². The Morgan fingerprint density at radius 1 is 1.33 bits per heavy atom. The summed E-state index contributed by atoms with van der Waals surface area (Å²) >= 11 is 2.84. The first-order chi connectivity index (χ1) is 12.9. The number of aromatic nitrogens is 3. The molecule has 3 aromatic rings. The maximum absolute atomic E-state index is 12.0. The highest BCUT2D eigenvalue weighted by Crippen LogP contribution is 2.23. The first-order valence-corrected chi connectivity index (χ1v) is 9.85. The highest BCUT2D eigenvalue weighted by Gasteiger charge is 2.11. The molecule has 7 nitrogen and oxygen atoms in total. The summed E-state index contributed by atoms with van der Waals surface area (Å²) in [6.07, 6.45) is 4.90. The fourth-order valence-corrected chi connectivity index (χ4v) is 4.00. The molecule has 3 rings (SSSR count). The van der Waals surface area contributed by atoms with Crippen molar-refractivity contribution >= 4 is 45.8 Å². The third-order valence-electron chi connectivity index (χ3n) is 3.68. The number of rotatable bonds is 6. The number of carbonyl (C=O) groups is 2. The van der Waals surface area contributed by atoms with Crippen molar-refractivity contribution in [1.82, 2.24) is 14.5 Å². The number of anilines is 1. The van der Waals surface area contributed by atoms with E-state index in [0.29, 0.717) is 10.8 Å². The molecule has 27 heavy (non-hydrogen) atoms. The molecule has 0 bridgehead atoms. The molecule has 0 aliphatic heterocycles. The fourth-order valence-electron chi connectivity index (χ4n) is 2.51. The molecule has 9 heteroatoms. The second kappa shape index (κ2) is 8.28.